The summed E-state index contributed by atoms with van der Waals surface area (Å²) >= 11 is 13.7. The molecule has 3 rings (SSSR count). The zero-order valence-electron chi connectivity index (χ0n) is 18.0. The van der Waals surface area contributed by atoms with E-state index in [4.69, 9.17) is 23.2 Å². The quantitative estimate of drug-likeness (QED) is 0.230. The molecule has 2 amide bonds. The van der Waals surface area contributed by atoms with Gasteiger partial charge in [0.1, 0.15) is 5.70 Å². The van der Waals surface area contributed by atoms with Crippen LogP contribution < -0.4 is 10.6 Å². The van der Waals surface area contributed by atoms with E-state index in [-0.39, 0.29) is 22.4 Å². The molecule has 0 aromatic heterocycles. The van der Waals surface area contributed by atoms with Crippen LogP contribution in [0.3, 0.4) is 0 Å². The third-order valence-electron chi connectivity index (χ3n) is 4.49. The van der Waals surface area contributed by atoms with Crippen molar-refractivity contribution in [3.8, 4) is 0 Å². The number of ether oxygens (including phenoxy) is 1. The van der Waals surface area contributed by atoms with Gasteiger partial charge in [-0.15, -0.1) is 11.8 Å². The molecule has 0 saturated carbocycles. The Morgan fingerprint density at radius 2 is 1.71 bits per heavy atom. The van der Waals surface area contributed by atoms with Crippen LogP contribution in [0.1, 0.15) is 15.9 Å². The van der Waals surface area contributed by atoms with Gasteiger partial charge in [-0.2, -0.15) is 0 Å². The molecule has 0 fully saturated rings. The summed E-state index contributed by atoms with van der Waals surface area (Å²) in [6, 6.07) is 20.5. The number of methoxy groups -OCH3 is 1. The minimum Gasteiger partial charge on any atom is -0.468 e. The van der Waals surface area contributed by atoms with Gasteiger partial charge in [-0.1, -0.05) is 59.6 Å². The number of thioether (sulfide) groups is 1. The van der Waals surface area contributed by atoms with Crippen LogP contribution in [-0.2, 0) is 14.3 Å². The standard InChI is InChI=1S/C25H20Cl2N2O4S/c1-33-22(30)15-34-19-11-6-10-18(14-19)28-25(32)21(13-17-9-5-12-20(26)23(17)27)29-24(31)16-7-3-2-4-8-16/h2-14H,15H2,1H3,(H,28,32)(H,29,31)/b21-13+. The average molecular weight is 515 g/mol. The molecule has 9 heteroatoms. The van der Waals surface area contributed by atoms with E-state index in [1.807, 2.05) is 6.07 Å². The first kappa shape index (κ1) is 25.4. The number of nitrogens with one attached hydrogen (secondary N) is 2. The predicted octanol–water partition coefficient (Wildman–Crippen LogP) is 5.67. The number of carbonyl (C=O) groups is 3. The molecular weight excluding hydrogens is 495 g/mol. The van der Waals surface area contributed by atoms with Crippen molar-refractivity contribution in [3.05, 3.63) is 99.7 Å². The minimum absolute atomic E-state index is 0.0226. The van der Waals surface area contributed by atoms with Crippen LogP contribution in [0.2, 0.25) is 10.0 Å². The number of halogens is 2. The van der Waals surface area contributed by atoms with Crippen LogP contribution in [-0.4, -0.2) is 30.6 Å². The zero-order chi connectivity index (χ0) is 24.5. The van der Waals surface area contributed by atoms with E-state index < -0.39 is 11.8 Å². The molecule has 0 heterocycles. The molecular formula is C25H20Cl2N2O4S. The lowest BCUT2D eigenvalue weighted by Gasteiger charge is -2.13. The summed E-state index contributed by atoms with van der Waals surface area (Å²) < 4.78 is 4.65. The highest BCUT2D eigenvalue weighted by Gasteiger charge is 2.16. The van der Waals surface area contributed by atoms with Gasteiger partial charge in [0.2, 0.25) is 0 Å². The molecule has 0 saturated heterocycles. The van der Waals surface area contributed by atoms with Crippen molar-refractivity contribution in [2.45, 2.75) is 4.90 Å². The highest BCUT2D eigenvalue weighted by molar-refractivity contribution is 8.00. The van der Waals surface area contributed by atoms with Crippen molar-refractivity contribution in [1.82, 2.24) is 5.32 Å². The van der Waals surface area contributed by atoms with Crippen LogP contribution in [0.15, 0.2) is 83.4 Å². The predicted molar refractivity (Wildman–Crippen MR) is 136 cm³/mol. The average Bonchev–Trinajstić information content (AvgIpc) is 2.85. The molecule has 0 atom stereocenters. The molecule has 0 aliphatic carbocycles. The number of amides is 2. The summed E-state index contributed by atoms with van der Waals surface area (Å²) in [5, 5.41) is 5.99. The molecule has 0 unspecified atom stereocenters. The van der Waals surface area contributed by atoms with Crippen molar-refractivity contribution in [2.24, 2.45) is 0 Å². The number of hydrogen-bond donors (Lipinski definition) is 2. The maximum atomic E-state index is 13.2. The Kier molecular flexibility index (Phi) is 9.16. The number of anilines is 1. The second kappa shape index (κ2) is 12.3. The van der Waals surface area contributed by atoms with Gasteiger partial charge in [0.15, 0.2) is 0 Å². The summed E-state index contributed by atoms with van der Waals surface area (Å²) in [5.41, 5.74) is 1.32. The Balaban J connectivity index is 1.86. The highest BCUT2D eigenvalue weighted by atomic mass is 35.5. The van der Waals surface area contributed by atoms with Gasteiger partial charge in [0.05, 0.1) is 22.9 Å². The van der Waals surface area contributed by atoms with Gasteiger partial charge in [0.25, 0.3) is 11.8 Å². The van der Waals surface area contributed by atoms with E-state index in [1.165, 1.54) is 24.9 Å². The number of benzene rings is 3. The Labute approximate surface area is 211 Å². The molecule has 0 bridgehead atoms. The molecule has 2 N–H and O–H groups in total. The monoisotopic (exact) mass is 514 g/mol. The van der Waals surface area contributed by atoms with E-state index in [0.29, 0.717) is 21.8 Å². The third-order valence-corrected chi connectivity index (χ3v) is 6.29. The lowest BCUT2D eigenvalue weighted by Crippen LogP contribution is -2.30. The SMILES string of the molecule is COC(=O)CSc1cccc(NC(=O)/C(=C\c2cccc(Cl)c2Cl)NC(=O)c2ccccc2)c1. The lowest BCUT2D eigenvalue weighted by atomic mass is 10.1. The summed E-state index contributed by atoms with van der Waals surface area (Å²) in [6.45, 7) is 0. The first-order valence-corrected chi connectivity index (χ1v) is 11.7. The van der Waals surface area contributed by atoms with Gasteiger partial charge in [0, 0.05) is 16.1 Å². The third kappa shape index (κ3) is 7.12. The maximum Gasteiger partial charge on any atom is 0.315 e. The Bertz CT molecular complexity index is 1230. The minimum atomic E-state index is -0.560. The van der Waals surface area contributed by atoms with Crippen molar-refractivity contribution in [1.29, 1.82) is 0 Å². The lowest BCUT2D eigenvalue weighted by molar-refractivity contribution is -0.137. The largest absolute Gasteiger partial charge is 0.468 e. The van der Waals surface area contributed by atoms with Crippen LogP contribution >= 0.6 is 35.0 Å². The molecule has 0 radical (unpaired) electrons. The number of hydrogen-bond acceptors (Lipinski definition) is 5. The molecule has 0 aliphatic heterocycles. The normalized spacial score (nSPS) is 11.0. The molecule has 34 heavy (non-hydrogen) atoms. The fourth-order valence-electron chi connectivity index (χ4n) is 2.79. The first-order valence-electron chi connectivity index (χ1n) is 10.0. The van der Waals surface area contributed by atoms with E-state index in [9.17, 15) is 14.4 Å². The van der Waals surface area contributed by atoms with Crippen molar-refractivity contribution in [3.63, 3.8) is 0 Å². The van der Waals surface area contributed by atoms with Gasteiger partial charge in [-0.3, -0.25) is 14.4 Å². The van der Waals surface area contributed by atoms with Crippen LogP contribution in [0.5, 0.6) is 0 Å². The first-order chi connectivity index (χ1) is 16.4. The summed E-state index contributed by atoms with van der Waals surface area (Å²) in [6.07, 6.45) is 1.46. The molecule has 0 aliphatic rings. The molecule has 3 aromatic rings. The van der Waals surface area contributed by atoms with Crippen LogP contribution in [0.4, 0.5) is 5.69 Å². The van der Waals surface area contributed by atoms with Gasteiger partial charge in [-0.05, 0) is 48.0 Å². The van der Waals surface area contributed by atoms with Crippen molar-refractivity contribution >= 4 is 64.5 Å². The van der Waals surface area contributed by atoms with E-state index >= 15 is 0 Å². The Hall–Kier alpha value is -3.26. The Morgan fingerprint density at radius 1 is 0.971 bits per heavy atom. The van der Waals surface area contributed by atoms with E-state index in [1.54, 1.807) is 66.7 Å². The summed E-state index contributed by atoms with van der Waals surface area (Å²) in [4.78, 5) is 38.1. The van der Waals surface area contributed by atoms with Gasteiger partial charge >= 0.3 is 5.97 Å². The zero-order valence-corrected chi connectivity index (χ0v) is 20.3. The van der Waals surface area contributed by atoms with Crippen molar-refractivity contribution in [2.75, 3.05) is 18.2 Å². The fraction of sp³-hybridized carbons (Fsp3) is 0.0800. The van der Waals surface area contributed by atoms with Crippen molar-refractivity contribution < 1.29 is 19.1 Å². The van der Waals surface area contributed by atoms with Crippen LogP contribution in [0.25, 0.3) is 6.08 Å². The highest BCUT2D eigenvalue weighted by Crippen LogP contribution is 2.27. The van der Waals surface area contributed by atoms with E-state index in [0.717, 1.165) is 4.90 Å². The molecule has 3 aromatic carbocycles. The van der Waals surface area contributed by atoms with Gasteiger partial charge in [-0.25, -0.2) is 0 Å². The topological polar surface area (TPSA) is 84.5 Å². The number of esters is 1. The molecule has 174 valence electrons. The second-order valence-corrected chi connectivity index (χ2v) is 8.70. The van der Waals surface area contributed by atoms with Crippen LogP contribution in [0, 0.1) is 0 Å². The van der Waals surface area contributed by atoms with Gasteiger partial charge < -0.3 is 15.4 Å². The Morgan fingerprint density at radius 3 is 2.44 bits per heavy atom. The number of rotatable bonds is 8. The number of carbonyl (C=O) groups excluding carboxylic acids is 3. The molecule has 0 spiro atoms. The summed E-state index contributed by atoms with van der Waals surface area (Å²) in [5.74, 6) is -1.23. The maximum absolute atomic E-state index is 13.2. The fourth-order valence-corrected chi connectivity index (χ4v) is 3.94. The molecule has 6 nitrogen and oxygen atoms in total. The van der Waals surface area contributed by atoms with E-state index in [2.05, 4.69) is 15.4 Å². The smallest absolute Gasteiger partial charge is 0.315 e. The second-order valence-electron chi connectivity index (χ2n) is 6.87. The summed E-state index contributed by atoms with van der Waals surface area (Å²) in [7, 11) is 1.32.